The van der Waals surface area contributed by atoms with Gasteiger partial charge in [-0.1, -0.05) is 0 Å². The molecule has 0 aliphatic carbocycles. The number of nitrogens with one attached hydrogen (secondary N) is 1. The smallest absolute Gasteiger partial charge is 0.408 e. The number of aliphatic carboxylic acids is 1. The Morgan fingerprint density at radius 1 is 1.20 bits per heavy atom. The number of carboxylic acids is 1. The molecule has 6 atom stereocenters. The second kappa shape index (κ2) is 9.01. The van der Waals surface area contributed by atoms with Gasteiger partial charge in [-0.15, -0.1) is 11.8 Å². The average Bonchev–Trinajstić information content (AvgIpc) is 2.48. The van der Waals surface area contributed by atoms with Crippen molar-refractivity contribution in [3.05, 3.63) is 0 Å². The third kappa shape index (κ3) is 6.60. The molecule has 1 saturated heterocycles. The van der Waals surface area contributed by atoms with E-state index >= 15 is 0 Å². The largest absolute Gasteiger partial charge is 0.480 e. The monoisotopic (exact) mass is 383 g/mol. The number of ether oxygens (including phenoxy) is 2. The Morgan fingerprint density at radius 2 is 1.80 bits per heavy atom. The van der Waals surface area contributed by atoms with Crippen LogP contribution in [-0.2, 0) is 14.3 Å². The van der Waals surface area contributed by atoms with E-state index in [1.807, 2.05) is 0 Å². The van der Waals surface area contributed by atoms with Gasteiger partial charge in [-0.05, 0) is 20.8 Å². The van der Waals surface area contributed by atoms with Crippen LogP contribution in [0.2, 0.25) is 0 Å². The first-order valence-corrected chi connectivity index (χ1v) is 8.65. The highest BCUT2D eigenvalue weighted by Gasteiger charge is 2.44. The molecule has 25 heavy (non-hydrogen) atoms. The molecule has 146 valence electrons. The molecule has 1 fully saturated rings. The standard InChI is InChI=1S/C14H25NO9S/c1-14(2,3)24-13(22)15-6(11(20)21)5-25-12-10(19)9(18)8(17)7(4-16)23-12/h6-10,12,16-19H,4-5H2,1-3H3,(H,15,22)(H,20,21)/t6-,7+,8+,9-,10+,12-/m0/s1. The van der Waals surface area contributed by atoms with E-state index in [9.17, 15) is 30.0 Å². The van der Waals surface area contributed by atoms with Crippen molar-refractivity contribution in [3.63, 3.8) is 0 Å². The quantitative estimate of drug-likeness (QED) is 0.318. The predicted molar refractivity (Wildman–Crippen MR) is 87.0 cm³/mol. The molecule has 6 N–H and O–H groups in total. The number of aliphatic hydroxyl groups excluding tert-OH is 4. The van der Waals surface area contributed by atoms with E-state index in [2.05, 4.69) is 5.32 Å². The normalized spacial score (nSPS) is 31.2. The zero-order valence-corrected chi connectivity index (χ0v) is 15.0. The summed E-state index contributed by atoms with van der Waals surface area (Å²) in [6, 6.07) is -1.33. The molecule has 0 aromatic rings. The second-order valence-electron chi connectivity index (χ2n) is 6.57. The van der Waals surface area contributed by atoms with Crippen LogP contribution in [0.4, 0.5) is 4.79 Å². The molecule has 11 heteroatoms. The number of amides is 1. The third-order valence-corrected chi connectivity index (χ3v) is 4.51. The third-order valence-electron chi connectivity index (χ3n) is 3.26. The van der Waals surface area contributed by atoms with Crippen LogP contribution < -0.4 is 5.32 Å². The van der Waals surface area contributed by atoms with Crippen LogP contribution in [-0.4, -0.2) is 91.4 Å². The zero-order valence-electron chi connectivity index (χ0n) is 14.2. The van der Waals surface area contributed by atoms with Gasteiger partial charge >= 0.3 is 12.1 Å². The van der Waals surface area contributed by atoms with Gasteiger partial charge in [0.15, 0.2) is 0 Å². The average molecular weight is 383 g/mol. The molecule has 0 aromatic heterocycles. The summed E-state index contributed by atoms with van der Waals surface area (Å²) in [5.74, 6) is -1.51. The summed E-state index contributed by atoms with van der Waals surface area (Å²) >= 11 is 0.821. The lowest BCUT2D eigenvalue weighted by Crippen LogP contribution is -2.58. The highest BCUT2D eigenvalue weighted by atomic mass is 32.2. The summed E-state index contributed by atoms with van der Waals surface area (Å²) < 4.78 is 10.2. The molecule has 0 bridgehead atoms. The van der Waals surface area contributed by atoms with Gasteiger partial charge in [0.05, 0.1) is 6.61 Å². The summed E-state index contributed by atoms with van der Waals surface area (Å²) in [6.07, 6.45) is -6.52. The van der Waals surface area contributed by atoms with Crippen molar-refractivity contribution < 1.29 is 44.6 Å². The first-order valence-electron chi connectivity index (χ1n) is 7.60. The van der Waals surface area contributed by atoms with Crippen molar-refractivity contribution in [3.8, 4) is 0 Å². The Balaban J connectivity index is 2.64. The highest BCUT2D eigenvalue weighted by Crippen LogP contribution is 2.28. The fourth-order valence-electron chi connectivity index (χ4n) is 2.02. The lowest BCUT2D eigenvalue weighted by molar-refractivity contribution is -0.205. The number of hydrogen-bond donors (Lipinski definition) is 6. The van der Waals surface area contributed by atoms with Crippen molar-refractivity contribution in [2.45, 2.75) is 62.3 Å². The minimum atomic E-state index is -1.55. The molecular formula is C14H25NO9S. The molecule has 0 aromatic carbocycles. The topological polar surface area (TPSA) is 166 Å². The van der Waals surface area contributed by atoms with E-state index in [0.717, 1.165) is 11.8 Å². The fourth-order valence-corrected chi connectivity index (χ4v) is 3.21. The van der Waals surface area contributed by atoms with Gasteiger partial charge in [0.2, 0.25) is 0 Å². The van der Waals surface area contributed by atoms with Crippen molar-refractivity contribution in [2.75, 3.05) is 12.4 Å². The summed E-state index contributed by atoms with van der Waals surface area (Å²) in [5.41, 5.74) is -1.88. The van der Waals surface area contributed by atoms with E-state index in [1.54, 1.807) is 20.8 Å². The first kappa shape index (κ1) is 21.9. The molecule has 0 saturated carbocycles. The van der Waals surface area contributed by atoms with Crippen LogP contribution in [0.1, 0.15) is 20.8 Å². The predicted octanol–water partition coefficient (Wildman–Crippen LogP) is -1.50. The number of alkyl carbamates (subject to hydrolysis) is 1. The molecular weight excluding hydrogens is 358 g/mol. The van der Waals surface area contributed by atoms with Crippen LogP contribution in [0.25, 0.3) is 0 Å². The second-order valence-corrected chi connectivity index (χ2v) is 7.70. The molecule has 0 radical (unpaired) electrons. The number of carboxylic acid groups (broad SMARTS) is 1. The summed E-state index contributed by atoms with van der Waals surface area (Å²) in [4.78, 5) is 23.0. The van der Waals surface area contributed by atoms with Crippen LogP contribution in [0.15, 0.2) is 0 Å². The van der Waals surface area contributed by atoms with Gasteiger partial charge in [-0.3, -0.25) is 0 Å². The number of carbonyl (C=O) groups is 2. The number of rotatable bonds is 6. The molecule has 10 nitrogen and oxygen atoms in total. The van der Waals surface area contributed by atoms with Crippen molar-refractivity contribution >= 4 is 23.8 Å². The van der Waals surface area contributed by atoms with Gasteiger partial charge in [-0.25, -0.2) is 9.59 Å². The summed E-state index contributed by atoms with van der Waals surface area (Å²) in [5, 5.41) is 49.8. The van der Waals surface area contributed by atoms with Gasteiger partial charge < -0.3 is 40.3 Å². The van der Waals surface area contributed by atoms with Gasteiger partial charge in [0.25, 0.3) is 0 Å². The molecule has 1 rings (SSSR count). The van der Waals surface area contributed by atoms with Crippen molar-refractivity contribution in [1.82, 2.24) is 5.32 Å². The minimum absolute atomic E-state index is 0.197. The van der Waals surface area contributed by atoms with Gasteiger partial charge in [0.1, 0.15) is 41.5 Å². The molecule has 0 unspecified atom stereocenters. The Morgan fingerprint density at radius 3 is 2.28 bits per heavy atom. The lowest BCUT2D eigenvalue weighted by Gasteiger charge is -2.39. The SMILES string of the molecule is CC(C)(C)OC(=O)N[C@@H](CS[C@@H]1O[C@H](CO)[C@@H](O)[C@H](O)[C@H]1O)C(=O)O. The lowest BCUT2D eigenvalue weighted by atomic mass is 10.0. The number of carbonyl (C=O) groups excluding carboxylic acids is 1. The summed E-state index contributed by atoms with van der Waals surface area (Å²) in [7, 11) is 0. The molecule has 1 aliphatic heterocycles. The van der Waals surface area contributed by atoms with E-state index < -0.39 is 60.2 Å². The van der Waals surface area contributed by atoms with E-state index in [-0.39, 0.29) is 5.75 Å². The van der Waals surface area contributed by atoms with Crippen LogP contribution in [0.5, 0.6) is 0 Å². The highest BCUT2D eigenvalue weighted by molar-refractivity contribution is 7.99. The van der Waals surface area contributed by atoms with Gasteiger partial charge in [0, 0.05) is 5.75 Å². The molecule has 0 spiro atoms. The first-order chi connectivity index (χ1) is 11.5. The Hall–Kier alpha value is -1.11. The fraction of sp³-hybridized carbons (Fsp3) is 0.857. The van der Waals surface area contributed by atoms with Gasteiger partial charge in [-0.2, -0.15) is 0 Å². The summed E-state index contributed by atoms with van der Waals surface area (Å²) in [6.45, 7) is 4.31. The molecule has 1 aliphatic rings. The number of hydrogen-bond acceptors (Lipinski definition) is 9. The maximum Gasteiger partial charge on any atom is 0.408 e. The minimum Gasteiger partial charge on any atom is -0.480 e. The Bertz CT molecular complexity index is 468. The van der Waals surface area contributed by atoms with Crippen LogP contribution >= 0.6 is 11.8 Å². The van der Waals surface area contributed by atoms with Crippen molar-refractivity contribution in [1.29, 1.82) is 0 Å². The number of thioether (sulfide) groups is 1. The Kier molecular flexibility index (Phi) is 7.90. The zero-order chi connectivity index (χ0) is 19.4. The Labute approximate surface area is 149 Å². The van der Waals surface area contributed by atoms with E-state index in [4.69, 9.17) is 14.6 Å². The maximum absolute atomic E-state index is 11.7. The van der Waals surface area contributed by atoms with Crippen molar-refractivity contribution in [2.24, 2.45) is 0 Å². The van der Waals surface area contributed by atoms with Crippen LogP contribution in [0, 0.1) is 0 Å². The van der Waals surface area contributed by atoms with E-state index in [1.165, 1.54) is 0 Å². The van der Waals surface area contributed by atoms with E-state index in [0.29, 0.717) is 0 Å². The molecule has 1 amide bonds. The van der Waals surface area contributed by atoms with Crippen LogP contribution in [0.3, 0.4) is 0 Å². The molecule has 1 heterocycles. The maximum atomic E-state index is 11.7. The number of aliphatic hydroxyl groups is 4.